The molecule has 0 aliphatic heterocycles. The van der Waals surface area contributed by atoms with Gasteiger partial charge in [0.05, 0.1) is 0 Å². The normalized spacial score (nSPS) is 8.29. The molecule has 0 saturated carbocycles. The molecule has 0 aromatic heterocycles. The monoisotopic (exact) mass is 236 g/mol. The number of carbonyl (C=O) groups is 1. The van der Waals surface area contributed by atoms with E-state index >= 15 is 0 Å². The van der Waals surface area contributed by atoms with Gasteiger partial charge >= 0.3 is 29.6 Å². The first-order valence-electron chi connectivity index (χ1n) is 4.98. The second-order valence-corrected chi connectivity index (χ2v) is 3.22. The van der Waals surface area contributed by atoms with Crippen LogP contribution in [0, 0.1) is 0 Å². The minimum absolute atomic E-state index is 0. The van der Waals surface area contributed by atoms with Gasteiger partial charge in [0.25, 0.3) is 0 Å². The first-order valence-corrected chi connectivity index (χ1v) is 4.98. The molecule has 0 heterocycles. The van der Waals surface area contributed by atoms with Gasteiger partial charge in [-0.15, -0.1) is 0 Å². The molecule has 0 spiro atoms. The van der Waals surface area contributed by atoms with Crippen LogP contribution < -0.4 is 34.7 Å². The summed E-state index contributed by atoms with van der Waals surface area (Å²) in [6, 6.07) is 20.8. The predicted molar refractivity (Wildman–Crippen MR) is 62.6 cm³/mol. The molecule has 0 aliphatic rings. The van der Waals surface area contributed by atoms with Crippen molar-refractivity contribution in [3.8, 4) is 11.1 Å². The van der Waals surface area contributed by atoms with E-state index in [1.54, 1.807) is 0 Å². The van der Waals surface area contributed by atoms with Crippen molar-refractivity contribution in [1.82, 2.24) is 0 Å². The second-order valence-electron chi connectivity index (χ2n) is 3.22. The van der Waals surface area contributed by atoms with Crippen molar-refractivity contribution >= 4 is 5.97 Å². The van der Waals surface area contributed by atoms with E-state index in [1.165, 1.54) is 11.1 Å². The summed E-state index contributed by atoms with van der Waals surface area (Å²) >= 11 is 0. The van der Waals surface area contributed by atoms with Crippen molar-refractivity contribution in [3.05, 3.63) is 60.7 Å². The standard InChI is InChI=1S/C12H10.C2H4O2.Na/c1-3-7-11(8-4-1)12-9-5-2-6-10-12;1-2(3)4;/h1-10H;1H3,(H,3,4);/q;;+1/p-1. The van der Waals surface area contributed by atoms with Gasteiger partial charge in [0.2, 0.25) is 0 Å². The Hall–Kier alpha value is -1.09. The summed E-state index contributed by atoms with van der Waals surface area (Å²) in [6.45, 7) is 0.972. The third-order valence-electron chi connectivity index (χ3n) is 1.88. The predicted octanol–water partition coefficient (Wildman–Crippen LogP) is -0.886. The van der Waals surface area contributed by atoms with E-state index in [9.17, 15) is 0 Å². The summed E-state index contributed by atoms with van der Waals surface area (Å²) in [7, 11) is 0. The molecule has 0 unspecified atom stereocenters. The molecule has 2 rings (SSSR count). The van der Waals surface area contributed by atoms with E-state index in [4.69, 9.17) is 9.90 Å². The molecule has 0 saturated heterocycles. The van der Waals surface area contributed by atoms with Gasteiger partial charge in [-0.05, 0) is 18.1 Å². The van der Waals surface area contributed by atoms with Crippen LogP contribution in [0.1, 0.15) is 6.92 Å². The van der Waals surface area contributed by atoms with Crippen molar-refractivity contribution in [2.24, 2.45) is 0 Å². The van der Waals surface area contributed by atoms with E-state index < -0.39 is 5.97 Å². The average Bonchev–Trinajstić information content (AvgIpc) is 2.31. The summed E-state index contributed by atoms with van der Waals surface area (Å²) in [5.41, 5.74) is 2.55. The van der Waals surface area contributed by atoms with Gasteiger partial charge in [-0.1, -0.05) is 60.7 Å². The van der Waals surface area contributed by atoms with Gasteiger partial charge in [0.15, 0.2) is 0 Å². The number of aliphatic carboxylic acids is 1. The number of carboxylic acid groups (broad SMARTS) is 1. The maximum absolute atomic E-state index is 8.89. The first kappa shape index (κ1) is 15.9. The molecule has 2 nitrogen and oxygen atoms in total. The van der Waals surface area contributed by atoms with Crippen LogP contribution in [0.15, 0.2) is 60.7 Å². The van der Waals surface area contributed by atoms with E-state index in [2.05, 4.69) is 48.5 Å². The molecule has 0 aliphatic carbocycles. The van der Waals surface area contributed by atoms with Gasteiger partial charge in [-0.3, -0.25) is 0 Å². The van der Waals surface area contributed by atoms with Gasteiger partial charge in [-0.2, -0.15) is 0 Å². The third-order valence-corrected chi connectivity index (χ3v) is 1.88. The molecule has 0 radical (unpaired) electrons. The Balaban J connectivity index is 0.000000453. The van der Waals surface area contributed by atoms with E-state index in [1.807, 2.05) is 12.1 Å². The number of carbonyl (C=O) groups excluding carboxylic acids is 1. The molecule has 0 bridgehead atoms. The summed E-state index contributed by atoms with van der Waals surface area (Å²) in [5.74, 6) is -1.08. The molecule has 82 valence electrons. The number of rotatable bonds is 1. The zero-order chi connectivity index (χ0) is 11.8. The summed E-state index contributed by atoms with van der Waals surface area (Å²) in [6.07, 6.45) is 0. The number of carboxylic acids is 1. The van der Waals surface area contributed by atoms with E-state index in [-0.39, 0.29) is 29.6 Å². The maximum Gasteiger partial charge on any atom is 1.00 e. The Morgan fingerprint density at radius 3 is 1.29 bits per heavy atom. The first-order chi connectivity index (χ1) is 7.70. The van der Waals surface area contributed by atoms with Gasteiger partial charge in [0, 0.05) is 5.97 Å². The fourth-order valence-corrected chi connectivity index (χ4v) is 1.26. The molecular weight excluding hydrogens is 223 g/mol. The molecule has 0 N–H and O–H groups in total. The Kier molecular flexibility index (Phi) is 8.42. The Morgan fingerprint density at radius 1 is 0.824 bits per heavy atom. The van der Waals surface area contributed by atoms with Crippen molar-refractivity contribution < 1.29 is 39.5 Å². The fraction of sp³-hybridized carbons (Fsp3) is 0.0714. The summed E-state index contributed by atoms with van der Waals surface area (Å²) in [4.78, 5) is 8.89. The zero-order valence-corrected chi connectivity index (χ0v) is 12.1. The van der Waals surface area contributed by atoms with Crippen molar-refractivity contribution in [1.29, 1.82) is 0 Å². The molecule has 17 heavy (non-hydrogen) atoms. The maximum atomic E-state index is 8.89. The van der Waals surface area contributed by atoms with Gasteiger partial charge in [-0.25, -0.2) is 0 Å². The average molecular weight is 236 g/mol. The Bertz CT molecular complexity index is 385. The van der Waals surface area contributed by atoms with Crippen LogP contribution in [-0.2, 0) is 4.79 Å². The van der Waals surface area contributed by atoms with Crippen molar-refractivity contribution in [2.45, 2.75) is 6.92 Å². The van der Waals surface area contributed by atoms with Crippen molar-refractivity contribution in [3.63, 3.8) is 0 Å². The largest absolute Gasteiger partial charge is 1.00 e. The molecule has 0 fully saturated rings. The second kappa shape index (κ2) is 8.99. The SMILES string of the molecule is CC(=O)[O-].[Na+].c1ccc(-c2ccccc2)cc1. The Morgan fingerprint density at radius 2 is 1.06 bits per heavy atom. The van der Waals surface area contributed by atoms with E-state index in [0.29, 0.717) is 0 Å². The van der Waals surface area contributed by atoms with Gasteiger partial charge < -0.3 is 9.90 Å². The fourth-order valence-electron chi connectivity index (χ4n) is 1.26. The van der Waals surface area contributed by atoms with Gasteiger partial charge in [0.1, 0.15) is 0 Å². The minimum Gasteiger partial charge on any atom is -0.550 e. The minimum atomic E-state index is -1.08. The van der Waals surface area contributed by atoms with Crippen LogP contribution in [0.2, 0.25) is 0 Å². The van der Waals surface area contributed by atoms with Crippen LogP contribution in [0.25, 0.3) is 11.1 Å². The van der Waals surface area contributed by atoms with Crippen LogP contribution >= 0.6 is 0 Å². The zero-order valence-electron chi connectivity index (χ0n) is 10.1. The number of benzene rings is 2. The summed E-state index contributed by atoms with van der Waals surface area (Å²) < 4.78 is 0. The van der Waals surface area contributed by atoms with Crippen molar-refractivity contribution in [2.75, 3.05) is 0 Å². The van der Waals surface area contributed by atoms with Crippen LogP contribution in [-0.4, -0.2) is 5.97 Å². The van der Waals surface area contributed by atoms with Crippen LogP contribution in [0.4, 0.5) is 0 Å². The van der Waals surface area contributed by atoms with E-state index in [0.717, 1.165) is 6.92 Å². The molecule has 0 amide bonds. The molecule has 3 heteroatoms. The molecule has 2 aromatic rings. The number of hydrogen-bond donors (Lipinski definition) is 0. The number of hydrogen-bond acceptors (Lipinski definition) is 2. The smallest absolute Gasteiger partial charge is 0.550 e. The van der Waals surface area contributed by atoms with Crippen LogP contribution in [0.5, 0.6) is 0 Å². The third kappa shape index (κ3) is 6.95. The Labute approximate surface area is 124 Å². The quantitative estimate of drug-likeness (QED) is 0.603. The summed E-state index contributed by atoms with van der Waals surface area (Å²) in [5, 5.41) is 8.89. The molecule has 2 aromatic carbocycles. The topological polar surface area (TPSA) is 40.1 Å². The van der Waals surface area contributed by atoms with Crippen LogP contribution in [0.3, 0.4) is 0 Å². The molecular formula is C14H13NaO2. The molecule has 0 atom stereocenters.